The van der Waals surface area contributed by atoms with Crippen LogP contribution in [-0.4, -0.2) is 22.3 Å². The van der Waals surface area contributed by atoms with Crippen LogP contribution in [0.1, 0.15) is 65.3 Å². The fourth-order valence-corrected chi connectivity index (χ4v) is 4.40. The fourth-order valence-electron chi connectivity index (χ4n) is 4.40. The molecule has 0 atom stereocenters. The van der Waals surface area contributed by atoms with Crippen LogP contribution < -0.4 is 4.90 Å². The lowest BCUT2D eigenvalue weighted by molar-refractivity contribution is 0.0957. The second-order valence-corrected chi connectivity index (χ2v) is 9.51. The lowest BCUT2D eigenvalue weighted by atomic mass is 9.78. The molecule has 4 heteroatoms. The lowest BCUT2D eigenvalue weighted by Gasteiger charge is -2.31. The zero-order valence-electron chi connectivity index (χ0n) is 18.6. The monoisotopic (exact) mass is 411 g/mol. The van der Waals surface area contributed by atoms with Gasteiger partial charge >= 0.3 is 0 Å². The van der Waals surface area contributed by atoms with Crippen molar-refractivity contribution in [1.82, 2.24) is 9.97 Å². The van der Waals surface area contributed by atoms with Crippen LogP contribution in [0.5, 0.6) is 0 Å². The molecule has 1 aliphatic carbocycles. The summed E-state index contributed by atoms with van der Waals surface area (Å²) in [5.41, 5.74) is 7.22. The SMILES string of the molecule is Cc1ccc(C(C)(C)c2ccc(N3CCc4cnc(C(=O)C5CC5)nc4C3)cc2)cc1. The van der Waals surface area contributed by atoms with Gasteiger partial charge in [0.1, 0.15) is 0 Å². The Hall–Kier alpha value is -3.01. The van der Waals surface area contributed by atoms with Gasteiger partial charge < -0.3 is 4.90 Å². The highest BCUT2D eigenvalue weighted by Gasteiger charge is 2.33. The molecule has 0 spiro atoms. The van der Waals surface area contributed by atoms with E-state index in [1.165, 1.54) is 27.9 Å². The van der Waals surface area contributed by atoms with Crippen LogP contribution in [0.4, 0.5) is 5.69 Å². The van der Waals surface area contributed by atoms with E-state index in [0.717, 1.165) is 38.0 Å². The van der Waals surface area contributed by atoms with Crippen molar-refractivity contribution in [3.05, 3.63) is 88.5 Å². The average Bonchev–Trinajstić information content (AvgIpc) is 3.64. The first-order valence-corrected chi connectivity index (χ1v) is 11.2. The molecular formula is C27H29N3O. The summed E-state index contributed by atoms with van der Waals surface area (Å²) in [7, 11) is 0. The smallest absolute Gasteiger partial charge is 0.203 e. The minimum Gasteiger partial charge on any atom is -0.365 e. The van der Waals surface area contributed by atoms with E-state index in [2.05, 4.69) is 84.2 Å². The van der Waals surface area contributed by atoms with E-state index in [1.54, 1.807) is 0 Å². The van der Waals surface area contributed by atoms with Crippen molar-refractivity contribution in [3.8, 4) is 0 Å². The third-order valence-corrected chi connectivity index (χ3v) is 6.84. The Kier molecular flexibility index (Phi) is 4.88. The van der Waals surface area contributed by atoms with Gasteiger partial charge in [-0.05, 0) is 55.0 Å². The fraction of sp³-hybridized carbons (Fsp3) is 0.370. The first-order chi connectivity index (χ1) is 14.9. The molecule has 0 N–H and O–H groups in total. The maximum absolute atomic E-state index is 12.4. The van der Waals surface area contributed by atoms with Gasteiger partial charge in [0, 0.05) is 29.8 Å². The Bertz CT molecular complexity index is 1110. The lowest BCUT2D eigenvalue weighted by Crippen LogP contribution is -2.32. The summed E-state index contributed by atoms with van der Waals surface area (Å²) in [5.74, 6) is 0.670. The number of Topliss-reactive ketones (excluding diaryl/α,β-unsaturated/α-hetero) is 1. The van der Waals surface area contributed by atoms with E-state index in [4.69, 9.17) is 0 Å². The van der Waals surface area contributed by atoms with Crippen molar-refractivity contribution in [1.29, 1.82) is 0 Å². The molecule has 0 bridgehead atoms. The molecule has 0 radical (unpaired) electrons. The van der Waals surface area contributed by atoms with Gasteiger partial charge in [-0.15, -0.1) is 0 Å². The van der Waals surface area contributed by atoms with Crippen LogP contribution in [0.25, 0.3) is 0 Å². The Morgan fingerprint density at radius 1 is 1.00 bits per heavy atom. The molecule has 3 aromatic rings. The molecule has 158 valence electrons. The number of benzene rings is 2. The van der Waals surface area contributed by atoms with Crippen molar-refractivity contribution in [2.45, 2.75) is 52.0 Å². The van der Waals surface area contributed by atoms with Crippen LogP contribution >= 0.6 is 0 Å². The molecule has 2 heterocycles. The summed E-state index contributed by atoms with van der Waals surface area (Å²) in [6, 6.07) is 17.7. The minimum absolute atomic E-state index is 0.0496. The molecule has 1 fully saturated rings. The first-order valence-electron chi connectivity index (χ1n) is 11.2. The predicted molar refractivity (Wildman–Crippen MR) is 124 cm³/mol. The maximum atomic E-state index is 12.4. The zero-order valence-corrected chi connectivity index (χ0v) is 18.6. The van der Waals surface area contributed by atoms with Gasteiger partial charge in [-0.25, -0.2) is 9.97 Å². The standard InChI is InChI=1S/C27H29N3O/c1-18-4-8-21(9-5-18)27(2,3)22-10-12-23(13-11-22)30-15-14-20-16-28-26(29-24(20)17-30)25(31)19-6-7-19/h4-5,8-13,16,19H,6-7,14-15,17H2,1-3H3. The van der Waals surface area contributed by atoms with Crippen LogP contribution in [0.3, 0.4) is 0 Å². The number of ketones is 1. The summed E-state index contributed by atoms with van der Waals surface area (Å²) in [4.78, 5) is 23.7. The van der Waals surface area contributed by atoms with E-state index >= 15 is 0 Å². The zero-order chi connectivity index (χ0) is 21.6. The van der Waals surface area contributed by atoms with Crippen LogP contribution in [-0.2, 0) is 18.4 Å². The van der Waals surface area contributed by atoms with Crippen molar-refractivity contribution in [3.63, 3.8) is 0 Å². The Labute approximate surface area is 184 Å². The maximum Gasteiger partial charge on any atom is 0.203 e. The van der Waals surface area contributed by atoms with Crippen LogP contribution in [0, 0.1) is 12.8 Å². The van der Waals surface area contributed by atoms with Gasteiger partial charge in [0.25, 0.3) is 0 Å². The Morgan fingerprint density at radius 3 is 2.29 bits per heavy atom. The number of aromatic nitrogens is 2. The summed E-state index contributed by atoms with van der Waals surface area (Å²) >= 11 is 0. The molecule has 31 heavy (non-hydrogen) atoms. The first kappa shape index (κ1) is 19.9. The number of aryl methyl sites for hydroxylation is 1. The van der Waals surface area contributed by atoms with Crippen molar-refractivity contribution in [2.24, 2.45) is 5.92 Å². The Balaban J connectivity index is 1.35. The molecule has 1 aromatic heterocycles. The number of hydrogen-bond acceptors (Lipinski definition) is 4. The number of carbonyl (C=O) groups excluding carboxylic acids is 1. The number of anilines is 1. The largest absolute Gasteiger partial charge is 0.365 e. The van der Waals surface area contributed by atoms with Gasteiger partial charge in [0.15, 0.2) is 5.82 Å². The highest BCUT2D eigenvalue weighted by atomic mass is 16.1. The van der Waals surface area contributed by atoms with E-state index in [1.807, 2.05) is 6.20 Å². The molecule has 0 saturated heterocycles. The van der Waals surface area contributed by atoms with Crippen molar-refractivity contribution in [2.75, 3.05) is 11.4 Å². The van der Waals surface area contributed by atoms with E-state index in [0.29, 0.717) is 5.82 Å². The van der Waals surface area contributed by atoms with Gasteiger partial charge in [0.05, 0.1) is 12.2 Å². The third kappa shape index (κ3) is 3.87. The second-order valence-electron chi connectivity index (χ2n) is 9.51. The molecule has 2 aromatic carbocycles. The molecule has 1 saturated carbocycles. The summed E-state index contributed by atoms with van der Waals surface area (Å²) in [6.45, 7) is 8.34. The predicted octanol–water partition coefficient (Wildman–Crippen LogP) is 5.27. The molecule has 5 rings (SSSR count). The van der Waals surface area contributed by atoms with Crippen LogP contribution in [0.2, 0.25) is 0 Å². The van der Waals surface area contributed by atoms with Gasteiger partial charge in [-0.1, -0.05) is 55.8 Å². The molecule has 1 aliphatic heterocycles. The van der Waals surface area contributed by atoms with E-state index in [9.17, 15) is 4.79 Å². The topological polar surface area (TPSA) is 46.1 Å². The number of carbonyl (C=O) groups is 1. The summed E-state index contributed by atoms with van der Waals surface area (Å²) in [5, 5.41) is 0. The van der Waals surface area contributed by atoms with Crippen LogP contribution in [0.15, 0.2) is 54.7 Å². The van der Waals surface area contributed by atoms with Gasteiger partial charge in [-0.3, -0.25) is 4.79 Å². The molecule has 4 nitrogen and oxygen atoms in total. The van der Waals surface area contributed by atoms with E-state index < -0.39 is 0 Å². The third-order valence-electron chi connectivity index (χ3n) is 6.84. The van der Waals surface area contributed by atoms with Gasteiger partial charge in [-0.2, -0.15) is 0 Å². The van der Waals surface area contributed by atoms with Crippen molar-refractivity contribution >= 4 is 11.5 Å². The molecular weight excluding hydrogens is 382 g/mol. The number of nitrogens with zero attached hydrogens (tertiary/aromatic N) is 3. The van der Waals surface area contributed by atoms with Crippen molar-refractivity contribution < 1.29 is 4.79 Å². The number of hydrogen-bond donors (Lipinski definition) is 0. The Morgan fingerprint density at radius 2 is 1.65 bits per heavy atom. The normalized spacial score (nSPS) is 16.2. The molecule has 0 amide bonds. The minimum atomic E-state index is -0.0496. The highest BCUT2D eigenvalue weighted by Crippen LogP contribution is 2.34. The summed E-state index contributed by atoms with van der Waals surface area (Å²) < 4.78 is 0. The molecule has 0 unspecified atom stereocenters. The number of fused-ring (bicyclic) bond motifs is 1. The summed E-state index contributed by atoms with van der Waals surface area (Å²) in [6.07, 6.45) is 4.74. The number of rotatable bonds is 5. The molecule has 2 aliphatic rings. The average molecular weight is 412 g/mol. The van der Waals surface area contributed by atoms with E-state index in [-0.39, 0.29) is 17.1 Å². The second kappa shape index (κ2) is 7.60. The van der Waals surface area contributed by atoms with Gasteiger partial charge in [0.2, 0.25) is 5.78 Å². The quantitative estimate of drug-likeness (QED) is 0.537. The highest BCUT2D eigenvalue weighted by molar-refractivity contribution is 5.96.